The molecule has 1 heterocycles. The largest absolute Gasteiger partial charge is 0.503 e. The number of carbonyl (C=O) groups is 2. The summed E-state index contributed by atoms with van der Waals surface area (Å²) < 4.78 is 6.08. The highest BCUT2D eigenvalue weighted by molar-refractivity contribution is 9.10. The number of hydrogen-bond donors (Lipinski definition) is 3. The predicted octanol–water partition coefficient (Wildman–Crippen LogP) is 5.47. The molecule has 7 heteroatoms. The molecule has 0 saturated heterocycles. The third-order valence-electron chi connectivity index (χ3n) is 6.10. The Labute approximate surface area is 201 Å². The average Bonchev–Trinajstić information content (AvgIpc) is 2.77. The first kappa shape index (κ1) is 23.1. The lowest BCUT2D eigenvalue weighted by Gasteiger charge is -2.35. The van der Waals surface area contributed by atoms with E-state index in [0.29, 0.717) is 45.7 Å². The van der Waals surface area contributed by atoms with Crippen molar-refractivity contribution in [1.29, 1.82) is 0 Å². The lowest BCUT2D eigenvalue weighted by Crippen LogP contribution is -2.35. The summed E-state index contributed by atoms with van der Waals surface area (Å²) in [6.07, 6.45) is 1.97. The van der Waals surface area contributed by atoms with Crippen LogP contribution in [0.15, 0.2) is 63.4 Å². The summed E-state index contributed by atoms with van der Waals surface area (Å²) in [5.74, 6) is -0.516. The number of Topliss-reactive ketones (excluding diaryl/α,β-unsaturated/α-hetero) is 1. The minimum Gasteiger partial charge on any atom is -0.503 e. The van der Waals surface area contributed by atoms with Gasteiger partial charge >= 0.3 is 0 Å². The normalized spacial score (nSPS) is 18.1. The zero-order valence-electron chi connectivity index (χ0n) is 18.9. The smallest absolute Gasteiger partial charge is 0.254 e. The van der Waals surface area contributed by atoms with Crippen LogP contribution in [0.3, 0.4) is 0 Å². The molecule has 2 aromatic rings. The van der Waals surface area contributed by atoms with Crippen LogP contribution in [0.5, 0.6) is 11.5 Å². The summed E-state index contributed by atoms with van der Waals surface area (Å²) in [6.45, 7) is 6.00. The maximum Gasteiger partial charge on any atom is 0.254 e. The molecule has 4 rings (SSSR count). The number of aromatic hydroxyl groups is 1. The molecule has 2 aromatic carbocycles. The molecule has 0 fully saturated rings. The number of para-hydroxylation sites is 1. The fourth-order valence-electron chi connectivity index (χ4n) is 4.55. The second-order valence-corrected chi connectivity index (χ2v) is 9.17. The molecule has 0 saturated carbocycles. The fraction of sp³-hybridized carbons (Fsp3) is 0.308. The Hall–Kier alpha value is -3.06. The van der Waals surface area contributed by atoms with Crippen molar-refractivity contribution in [3.05, 3.63) is 74.5 Å². The first-order valence-corrected chi connectivity index (χ1v) is 11.9. The zero-order chi connectivity index (χ0) is 23.7. The number of amides is 1. The van der Waals surface area contributed by atoms with Crippen molar-refractivity contribution in [3.8, 4) is 11.5 Å². The summed E-state index contributed by atoms with van der Waals surface area (Å²) in [4.78, 5) is 26.7. The Morgan fingerprint density at radius 2 is 2.00 bits per heavy atom. The molecule has 172 valence electrons. The van der Waals surface area contributed by atoms with Crippen LogP contribution in [-0.4, -0.2) is 23.4 Å². The lowest BCUT2D eigenvalue weighted by molar-refractivity contribution is -0.116. The van der Waals surface area contributed by atoms with Crippen LogP contribution in [0.2, 0.25) is 0 Å². The average molecular weight is 511 g/mol. The predicted molar refractivity (Wildman–Crippen MR) is 131 cm³/mol. The van der Waals surface area contributed by atoms with Gasteiger partial charge in [-0.15, -0.1) is 0 Å². The van der Waals surface area contributed by atoms with Crippen molar-refractivity contribution in [2.45, 2.75) is 46.0 Å². The topological polar surface area (TPSA) is 87.7 Å². The van der Waals surface area contributed by atoms with Crippen molar-refractivity contribution in [3.63, 3.8) is 0 Å². The first-order chi connectivity index (χ1) is 15.8. The molecule has 1 aliphatic heterocycles. The lowest BCUT2D eigenvalue weighted by atomic mass is 9.75. The quantitative estimate of drug-likeness (QED) is 0.496. The van der Waals surface area contributed by atoms with Crippen LogP contribution in [0.1, 0.15) is 50.2 Å². The maximum atomic E-state index is 13.6. The summed E-state index contributed by atoms with van der Waals surface area (Å²) in [5.41, 5.74) is 5.04. The highest BCUT2D eigenvalue weighted by atomic mass is 79.9. The van der Waals surface area contributed by atoms with Gasteiger partial charge in [0.1, 0.15) is 0 Å². The van der Waals surface area contributed by atoms with Gasteiger partial charge in [0.2, 0.25) is 0 Å². The van der Waals surface area contributed by atoms with Gasteiger partial charge in [-0.05, 0) is 78.9 Å². The van der Waals surface area contributed by atoms with E-state index in [4.69, 9.17) is 4.74 Å². The third kappa shape index (κ3) is 4.42. The molecular formula is C26H27BrN2O4. The van der Waals surface area contributed by atoms with Crippen LogP contribution >= 0.6 is 15.9 Å². The van der Waals surface area contributed by atoms with Gasteiger partial charge in [0.25, 0.3) is 5.91 Å². The molecule has 3 N–H and O–H groups in total. The summed E-state index contributed by atoms with van der Waals surface area (Å²) in [7, 11) is 0. The van der Waals surface area contributed by atoms with E-state index in [1.54, 1.807) is 12.1 Å². The standard InChI is InChI=1S/C26H27BrN2O4/c1-4-33-21-13-16(12-17(27)25(21)31)23-22(26(32)29-18-9-6-5-8-14(18)2)15(3)28-19-10-7-11-20(30)24(19)23/h5-6,8-9,12-13,23,28,31H,4,7,10-11H2,1-3H3,(H,29,32)/t23-/m0/s1. The Kier molecular flexibility index (Phi) is 6.61. The van der Waals surface area contributed by atoms with Gasteiger partial charge in [0, 0.05) is 40.6 Å². The number of dihydropyridines is 1. The number of hydrogen-bond acceptors (Lipinski definition) is 5. The number of phenols is 1. The van der Waals surface area contributed by atoms with Gasteiger partial charge in [-0.3, -0.25) is 9.59 Å². The number of benzene rings is 2. The second-order valence-electron chi connectivity index (χ2n) is 8.32. The molecule has 6 nitrogen and oxygen atoms in total. The van der Waals surface area contributed by atoms with Gasteiger partial charge in [-0.1, -0.05) is 18.2 Å². The molecular weight excluding hydrogens is 484 g/mol. The number of anilines is 1. The number of rotatable bonds is 5. The van der Waals surface area contributed by atoms with Gasteiger partial charge in [0.05, 0.1) is 11.1 Å². The number of aryl methyl sites for hydroxylation is 1. The van der Waals surface area contributed by atoms with E-state index < -0.39 is 5.92 Å². The number of phenolic OH excluding ortho intramolecular Hbond substituents is 1. The van der Waals surface area contributed by atoms with E-state index in [2.05, 4.69) is 26.6 Å². The molecule has 1 atom stereocenters. The minimum atomic E-state index is -0.575. The van der Waals surface area contributed by atoms with E-state index in [9.17, 15) is 14.7 Å². The van der Waals surface area contributed by atoms with Crippen LogP contribution in [0.4, 0.5) is 5.69 Å². The van der Waals surface area contributed by atoms with Crippen molar-refractivity contribution in [1.82, 2.24) is 5.32 Å². The zero-order valence-corrected chi connectivity index (χ0v) is 20.5. The highest BCUT2D eigenvalue weighted by Gasteiger charge is 2.39. The number of allylic oxidation sites excluding steroid dienone is 3. The van der Waals surface area contributed by atoms with Crippen LogP contribution in [0, 0.1) is 6.92 Å². The monoisotopic (exact) mass is 510 g/mol. The number of halogens is 1. The SMILES string of the molecule is CCOc1cc([C@H]2C(C(=O)Nc3ccccc3C)=C(C)NC3=C2C(=O)CCC3)cc(Br)c1O. The molecule has 1 amide bonds. The molecule has 0 bridgehead atoms. The summed E-state index contributed by atoms with van der Waals surface area (Å²) in [6, 6.07) is 11.1. The fourth-order valence-corrected chi connectivity index (χ4v) is 5.01. The van der Waals surface area contributed by atoms with Crippen molar-refractivity contribution in [2.24, 2.45) is 0 Å². The molecule has 2 aliphatic rings. The maximum absolute atomic E-state index is 13.6. The van der Waals surface area contributed by atoms with Crippen LogP contribution < -0.4 is 15.4 Å². The van der Waals surface area contributed by atoms with Crippen LogP contribution in [-0.2, 0) is 9.59 Å². The van der Waals surface area contributed by atoms with E-state index in [1.807, 2.05) is 45.0 Å². The summed E-state index contributed by atoms with van der Waals surface area (Å²) in [5, 5.41) is 16.8. The number of ether oxygens (including phenoxy) is 1. The van der Waals surface area contributed by atoms with Crippen LogP contribution in [0.25, 0.3) is 0 Å². The number of carbonyl (C=O) groups excluding carboxylic acids is 2. The Balaban J connectivity index is 1.86. The van der Waals surface area contributed by atoms with Crippen molar-refractivity contribution in [2.75, 3.05) is 11.9 Å². The molecule has 0 radical (unpaired) electrons. The number of ketones is 1. The summed E-state index contributed by atoms with van der Waals surface area (Å²) >= 11 is 3.41. The van der Waals surface area contributed by atoms with Crippen molar-refractivity contribution >= 4 is 33.3 Å². The van der Waals surface area contributed by atoms with E-state index in [0.717, 1.165) is 29.8 Å². The highest BCUT2D eigenvalue weighted by Crippen LogP contribution is 2.46. The Bertz CT molecular complexity index is 1200. The van der Waals surface area contributed by atoms with E-state index >= 15 is 0 Å². The molecule has 0 unspecified atom stereocenters. The molecule has 1 aliphatic carbocycles. The Morgan fingerprint density at radius 3 is 2.73 bits per heavy atom. The Morgan fingerprint density at radius 1 is 1.24 bits per heavy atom. The van der Waals surface area contributed by atoms with Gasteiger partial charge in [0.15, 0.2) is 17.3 Å². The third-order valence-corrected chi connectivity index (χ3v) is 6.70. The second kappa shape index (κ2) is 9.43. The van der Waals surface area contributed by atoms with Gasteiger partial charge < -0.3 is 20.5 Å². The number of nitrogens with one attached hydrogen (secondary N) is 2. The van der Waals surface area contributed by atoms with E-state index in [1.165, 1.54) is 0 Å². The minimum absolute atomic E-state index is 0.00896. The molecule has 0 aromatic heterocycles. The molecule has 0 spiro atoms. The first-order valence-electron chi connectivity index (χ1n) is 11.1. The van der Waals surface area contributed by atoms with Gasteiger partial charge in [-0.2, -0.15) is 0 Å². The van der Waals surface area contributed by atoms with Crippen molar-refractivity contribution < 1.29 is 19.4 Å². The van der Waals surface area contributed by atoms with Gasteiger partial charge in [-0.25, -0.2) is 0 Å². The molecule has 33 heavy (non-hydrogen) atoms. The van der Waals surface area contributed by atoms with E-state index in [-0.39, 0.29) is 17.4 Å².